The molecular weight excluding hydrogens is 328 g/mol. The first-order chi connectivity index (χ1) is 10.4. The topological polar surface area (TPSA) is 18.5 Å². The molecule has 0 saturated carbocycles. The van der Waals surface area contributed by atoms with E-state index in [0.29, 0.717) is 6.79 Å². The Morgan fingerprint density at radius 3 is 2.14 bits per heavy atom. The molecule has 0 bridgehead atoms. The van der Waals surface area contributed by atoms with Crippen LogP contribution in [0.25, 0.3) is 0 Å². The molecule has 0 aliphatic carbocycles. The molecule has 2 nitrogen and oxygen atoms in total. The average molecular weight is 363 g/mol. The average Bonchev–Trinajstić information content (AvgIpc) is 2.50. The van der Waals surface area contributed by atoms with Crippen LogP contribution in [0.2, 0.25) is 0 Å². The highest BCUT2D eigenvalue weighted by molar-refractivity contribution is 9.09. The molecule has 0 heterocycles. The van der Waals surface area contributed by atoms with Crippen molar-refractivity contribution in [2.45, 2.75) is 77.6 Å². The molecule has 0 N–H and O–H groups in total. The Labute approximate surface area is 140 Å². The Morgan fingerprint density at radius 1 is 0.714 bits per heavy atom. The van der Waals surface area contributed by atoms with Crippen molar-refractivity contribution in [3.05, 3.63) is 12.2 Å². The normalized spacial score (nSPS) is 11.5. The van der Waals surface area contributed by atoms with Gasteiger partial charge in [0.15, 0.2) is 0 Å². The fourth-order valence-corrected chi connectivity index (χ4v) is 2.48. The Kier molecular flexibility index (Phi) is 20.3. The highest BCUT2D eigenvalue weighted by Crippen LogP contribution is 2.08. The third-order valence-electron chi connectivity index (χ3n) is 3.41. The van der Waals surface area contributed by atoms with Gasteiger partial charge >= 0.3 is 0 Å². The summed E-state index contributed by atoms with van der Waals surface area (Å²) in [6.45, 7) is 4.26. The summed E-state index contributed by atoms with van der Waals surface area (Å²) in [5.41, 5.74) is 0. The molecule has 0 aromatic rings. The molecule has 0 atom stereocenters. The molecule has 0 aliphatic heterocycles. The number of alkyl halides is 1. The smallest absolute Gasteiger partial charge is 0.146 e. The van der Waals surface area contributed by atoms with Crippen molar-refractivity contribution >= 4 is 15.9 Å². The molecule has 126 valence electrons. The van der Waals surface area contributed by atoms with E-state index < -0.39 is 0 Å². The SMILES string of the molecule is CCCCCOCOCCC=CCCCCCCCCBr. The summed E-state index contributed by atoms with van der Waals surface area (Å²) < 4.78 is 10.8. The molecule has 0 amide bonds. The van der Waals surface area contributed by atoms with Crippen molar-refractivity contribution in [2.24, 2.45) is 0 Å². The van der Waals surface area contributed by atoms with Crippen LogP contribution in [0.15, 0.2) is 12.2 Å². The number of allylic oxidation sites excluding steroid dienone is 1. The van der Waals surface area contributed by atoms with E-state index in [2.05, 4.69) is 35.0 Å². The van der Waals surface area contributed by atoms with E-state index in [1.54, 1.807) is 0 Å². The Bertz CT molecular complexity index is 207. The summed E-state index contributed by atoms with van der Waals surface area (Å²) >= 11 is 3.47. The van der Waals surface area contributed by atoms with Crippen LogP contribution < -0.4 is 0 Å². The minimum atomic E-state index is 0.450. The maximum absolute atomic E-state index is 5.42. The summed E-state index contributed by atoms with van der Waals surface area (Å²) in [6.07, 6.45) is 18.6. The molecule has 21 heavy (non-hydrogen) atoms. The molecule has 0 aromatic carbocycles. The molecule has 0 radical (unpaired) electrons. The molecule has 0 rings (SSSR count). The lowest BCUT2D eigenvalue weighted by Crippen LogP contribution is -2.02. The highest BCUT2D eigenvalue weighted by Gasteiger charge is 1.90. The van der Waals surface area contributed by atoms with Crippen molar-refractivity contribution in [3.8, 4) is 0 Å². The first-order valence-corrected chi connectivity index (χ1v) is 9.90. The Hall–Kier alpha value is 0.140. The Morgan fingerprint density at radius 2 is 1.38 bits per heavy atom. The summed E-state index contributed by atoms with van der Waals surface area (Å²) in [7, 11) is 0. The number of rotatable bonds is 17. The minimum absolute atomic E-state index is 0.450. The largest absolute Gasteiger partial charge is 0.355 e. The summed E-state index contributed by atoms with van der Waals surface area (Å²) in [6, 6.07) is 0. The summed E-state index contributed by atoms with van der Waals surface area (Å²) in [5.74, 6) is 0. The van der Waals surface area contributed by atoms with Crippen LogP contribution in [0.1, 0.15) is 77.6 Å². The van der Waals surface area contributed by atoms with Crippen LogP contribution in [0.4, 0.5) is 0 Å². The van der Waals surface area contributed by atoms with Crippen LogP contribution in [-0.2, 0) is 9.47 Å². The number of hydrogen-bond acceptors (Lipinski definition) is 2. The molecule has 0 spiro atoms. The van der Waals surface area contributed by atoms with Gasteiger partial charge in [-0.2, -0.15) is 0 Å². The molecular formula is C18H35BrO2. The van der Waals surface area contributed by atoms with Gasteiger partial charge in [0.25, 0.3) is 0 Å². The monoisotopic (exact) mass is 362 g/mol. The fourth-order valence-electron chi connectivity index (χ4n) is 2.08. The van der Waals surface area contributed by atoms with E-state index in [1.165, 1.54) is 57.8 Å². The first kappa shape index (κ1) is 21.1. The lowest BCUT2D eigenvalue weighted by atomic mass is 10.1. The molecule has 3 heteroatoms. The number of hydrogen-bond donors (Lipinski definition) is 0. The van der Waals surface area contributed by atoms with Gasteiger partial charge in [0.1, 0.15) is 6.79 Å². The number of ether oxygens (including phenoxy) is 2. The quantitative estimate of drug-likeness (QED) is 0.132. The third kappa shape index (κ3) is 20.1. The number of halogens is 1. The molecule has 0 fully saturated rings. The van der Waals surface area contributed by atoms with Gasteiger partial charge in [-0.1, -0.05) is 73.5 Å². The van der Waals surface area contributed by atoms with Gasteiger partial charge in [-0.05, 0) is 32.1 Å². The molecule has 0 saturated heterocycles. The number of unbranched alkanes of at least 4 members (excludes halogenated alkanes) is 8. The zero-order chi connectivity index (χ0) is 15.4. The fraction of sp³-hybridized carbons (Fsp3) is 0.889. The van der Waals surface area contributed by atoms with Gasteiger partial charge in [-0.15, -0.1) is 0 Å². The van der Waals surface area contributed by atoms with Gasteiger partial charge in [0, 0.05) is 11.9 Å². The molecule has 0 aliphatic rings. The van der Waals surface area contributed by atoms with E-state index in [0.717, 1.165) is 31.4 Å². The maximum atomic E-state index is 5.42. The van der Waals surface area contributed by atoms with E-state index in [9.17, 15) is 0 Å². The second kappa shape index (κ2) is 20.1. The predicted molar refractivity (Wildman–Crippen MR) is 96.2 cm³/mol. The van der Waals surface area contributed by atoms with Crippen LogP contribution in [0, 0.1) is 0 Å². The van der Waals surface area contributed by atoms with Crippen LogP contribution >= 0.6 is 15.9 Å². The van der Waals surface area contributed by atoms with Crippen LogP contribution in [-0.4, -0.2) is 25.3 Å². The predicted octanol–water partition coefficient (Wildman–Crippen LogP) is 6.24. The van der Waals surface area contributed by atoms with Crippen molar-refractivity contribution in [3.63, 3.8) is 0 Å². The van der Waals surface area contributed by atoms with Crippen molar-refractivity contribution in [2.75, 3.05) is 25.3 Å². The summed E-state index contributed by atoms with van der Waals surface area (Å²) in [4.78, 5) is 0. The standard InChI is InChI=1S/C18H35BrO2/c1-2-3-13-16-20-18-21-17-14-11-9-7-5-4-6-8-10-12-15-19/h9,11H,2-8,10,12-18H2,1H3. The van der Waals surface area contributed by atoms with E-state index in [-0.39, 0.29) is 0 Å². The summed E-state index contributed by atoms with van der Waals surface area (Å²) in [5, 5.41) is 1.15. The van der Waals surface area contributed by atoms with E-state index in [1.807, 2.05) is 0 Å². The first-order valence-electron chi connectivity index (χ1n) is 8.78. The minimum Gasteiger partial charge on any atom is -0.355 e. The van der Waals surface area contributed by atoms with E-state index in [4.69, 9.17) is 9.47 Å². The molecule has 0 unspecified atom stereocenters. The van der Waals surface area contributed by atoms with Crippen LogP contribution in [0.5, 0.6) is 0 Å². The van der Waals surface area contributed by atoms with E-state index >= 15 is 0 Å². The van der Waals surface area contributed by atoms with Gasteiger partial charge in [-0.25, -0.2) is 0 Å². The maximum Gasteiger partial charge on any atom is 0.146 e. The zero-order valence-corrected chi connectivity index (χ0v) is 15.5. The third-order valence-corrected chi connectivity index (χ3v) is 3.97. The highest BCUT2D eigenvalue weighted by atomic mass is 79.9. The van der Waals surface area contributed by atoms with Gasteiger partial charge in [-0.3, -0.25) is 0 Å². The van der Waals surface area contributed by atoms with Gasteiger partial charge in [0.2, 0.25) is 0 Å². The van der Waals surface area contributed by atoms with Gasteiger partial charge < -0.3 is 9.47 Å². The molecule has 0 aromatic heterocycles. The second-order valence-electron chi connectivity index (χ2n) is 5.50. The lowest BCUT2D eigenvalue weighted by molar-refractivity contribution is -0.0531. The van der Waals surface area contributed by atoms with Crippen LogP contribution in [0.3, 0.4) is 0 Å². The van der Waals surface area contributed by atoms with Crippen molar-refractivity contribution in [1.29, 1.82) is 0 Å². The zero-order valence-electron chi connectivity index (χ0n) is 14.0. The van der Waals surface area contributed by atoms with Crippen molar-refractivity contribution in [1.82, 2.24) is 0 Å². The van der Waals surface area contributed by atoms with Gasteiger partial charge in [0.05, 0.1) is 6.61 Å². The second-order valence-corrected chi connectivity index (χ2v) is 6.29. The Balaban J connectivity index is 3.02. The van der Waals surface area contributed by atoms with Crippen molar-refractivity contribution < 1.29 is 9.47 Å². The lowest BCUT2D eigenvalue weighted by Gasteiger charge is -2.03.